The van der Waals surface area contributed by atoms with Crippen molar-refractivity contribution in [3.8, 4) is 22.6 Å². The number of nitrogens with zero attached hydrogens (tertiary/aromatic N) is 1. The monoisotopic (exact) mass is 392 g/mol. The molecule has 0 spiro atoms. The lowest BCUT2D eigenvalue weighted by atomic mass is 9.97. The van der Waals surface area contributed by atoms with E-state index < -0.39 is 5.91 Å². The lowest BCUT2D eigenvalue weighted by molar-refractivity contribution is 0.1000. The van der Waals surface area contributed by atoms with Crippen LogP contribution in [0.15, 0.2) is 48.5 Å². The van der Waals surface area contributed by atoms with Crippen LogP contribution in [0.4, 0.5) is 0 Å². The van der Waals surface area contributed by atoms with Gasteiger partial charge < -0.3 is 20.1 Å². The number of aromatic hydroxyl groups is 1. The van der Waals surface area contributed by atoms with Crippen LogP contribution in [0.25, 0.3) is 11.1 Å². The summed E-state index contributed by atoms with van der Waals surface area (Å²) in [6, 6.07) is 14.9. The van der Waals surface area contributed by atoms with Crippen molar-refractivity contribution in [1.29, 1.82) is 0 Å². The number of carbonyl (C=O) groups excluding carboxylic acids is 1. The number of ether oxygens (including phenoxy) is 1. The third-order valence-electron chi connectivity index (χ3n) is 5.30. The number of unbranched alkanes of at least 4 members (excludes halogenated alkanes) is 1. The molecule has 5 heteroatoms. The molecule has 0 aliphatic rings. The van der Waals surface area contributed by atoms with Crippen LogP contribution in [0.3, 0.4) is 0 Å². The highest BCUT2D eigenvalue weighted by atomic mass is 16.5. The first kappa shape index (κ1) is 20.5. The summed E-state index contributed by atoms with van der Waals surface area (Å²) >= 11 is 0. The Bertz CT molecular complexity index is 1020. The fourth-order valence-corrected chi connectivity index (χ4v) is 3.89. The van der Waals surface area contributed by atoms with Gasteiger partial charge in [-0.3, -0.25) is 4.79 Å². The number of carbonyl (C=O) groups is 1. The van der Waals surface area contributed by atoms with Gasteiger partial charge in [0.2, 0.25) is 0 Å². The number of phenols is 1. The molecule has 3 N–H and O–H groups in total. The van der Waals surface area contributed by atoms with Gasteiger partial charge in [0.25, 0.3) is 5.91 Å². The van der Waals surface area contributed by atoms with Crippen LogP contribution in [0.2, 0.25) is 0 Å². The molecular formula is C24H28N2O3. The molecule has 0 atom stereocenters. The van der Waals surface area contributed by atoms with E-state index in [0.717, 1.165) is 53.1 Å². The highest BCUT2D eigenvalue weighted by molar-refractivity contribution is 6.02. The van der Waals surface area contributed by atoms with E-state index in [1.165, 1.54) is 0 Å². The van der Waals surface area contributed by atoms with Crippen LogP contribution in [0.5, 0.6) is 11.5 Å². The van der Waals surface area contributed by atoms with Gasteiger partial charge in [0.05, 0.1) is 19.2 Å². The maximum Gasteiger partial charge on any atom is 0.251 e. The predicted octanol–water partition coefficient (Wildman–Crippen LogP) is 4.67. The number of nitrogens with two attached hydrogens (primary N) is 1. The largest absolute Gasteiger partial charge is 0.508 e. The second-order valence-corrected chi connectivity index (χ2v) is 7.20. The van der Waals surface area contributed by atoms with E-state index in [1.807, 2.05) is 37.3 Å². The van der Waals surface area contributed by atoms with Crippen molar-refractivity contribution >= 4 is 5.91 Å². The average Bonchev–Trinajstić information content (AvgIpc) is 2.98. The number of benzene rings is 2. The Kier molecular flexibility index (Phi) is 6.27. The minimum atomic E-state index is -0.461. The standard InChI is InChI=1S/C24H28N2O3/c1-4-5-12-20-23(17-10-8-11-19(27)14-17)22(24(25)28)16(2)26(20)15-18-9-6-7-13-21(18)29-3/h6-11,13-14,27H,4-5,12,15H2,1-3H3,(H2,25,28). The molecule has 0 saturated carbocycles. The van der Waals surface area contributed by atoms with Gasteiger partial charge in [-0.25, -0.2) is 0 Å². The first-order valence-corrected chi connectivity index (χ1v) is 9.91. The lowest BCUT2D eigenvalue weighted by Crippen LogP contribution is -2.13. The number of rotatable bonds is 8. The van der Waals surface area contributed by atoms with E-state index in [2.05, 4.69) is 11.5 Å². The molecule has 0 radical (unpaired) electrons. The summed E-state index contributed by atoms with van der Waals surface area (Å²) in [5.74, 6) is 0.508. The SMILES string of the molecule is CCCCc1c(-c2cccc(O)c2)c(C(N)=O)c(C)n1Cc1ccccc1OC. The molecule has 0 aliphatic carbocycles. The summed E-state index contributed by atoms with van der Waals surface area (Å²) in [6.07, 6.45) is 2.83. The van der Waals surface area contributed by atoms with Gasteiger partial charge >= 0.3 is 0 Å². The number of amides is 1. The Labute approximate surface area is 171 Å². The number of phenolic OH excluding ortho intramolecular Hbond substituents is 1. The number of methoxy groups -OCH3 is 1. The van der Waals surface area contributed by atoms with E-state index in [9.17, 15) is 9.90 Å². The normalized spacial score (nSPS) is 10.9. The molecule has 2 aromatic carbocycles. The van der Waals surface area contributed by atoms with Crippen molar-refractivity contribution in [2.24, 2.45) is 5.73 Å². The minimum Gasteiger partial charge on any atom is -0.508 e. The third-order valence-corrected chi connectivity index (χ3v) is 5.30. The van der Waals surface area contributed by atoms with Crippen LogP contribution >= 0.6 is 0 Å². The number of hydrogen-bond acceptors (Lipinski definition) is 3. The molecule has 3 aromatic rings. The van der Waals surface area contributed by atoms with Gasteiger partial charge in [-0.2, -0.15) is 0 Å². The molecule has 1 amide bonds. The van der Waals surface area contributed by atoms with Crippen LogP contribution in [0.1, 0.15) is 47.1 Å². The number of aromatic nitrogens is 1. The molecule has 0 fully saturated rings. The molecule has 0 bridgehead atoms. The predicted molar refractivity (Wildman–Crippen MR) is 115 cm³/mol. The molecule has 152 valence electrons. The van der Waals surface area contributed by atoms with E-state index in [4.69, 9.17) is 10.5 Å². The molecule has 1 aromatic heterocycles. The van der Waals surface area contributed by atoms with Crippen molar-refractivity contribution in [2.75, 3.05) is 7.11 Å². The molecule has 0 unspecified atom stereocenters. The van der Waals surface area contributed by atoms with Crippen molar-refractivity contribution < 1.29 is 14.6 Å². The maximum atomic E-state index is 12.4. The van der Waals surface area contributed by atoms with Crippen LogP contribution in [0, 0.1) is 6.92 Å². The summed E-state index contributed by atoms with van der Waals surface area (Å²) < 4.78 is 7.68. The molecule has 3 rings (SSSR count). The second kappa shape index (κ2) is 8.86. The highest BCUT2D eigenvalue weighted by Gasteiger charge is 2.25. The Hall–Kier alpha value is -3.21. The zero-order valence-corrected chi connectivity index (χ0v) is 17.2. The summed E-state index contributed by atoms with van der Waals surface area (Å²) in [5.41, 5.74) is 10.8. The Morgan fingerprint density at radius 2 is 1.93 bits per heavy atom. The van der Waals surface area contributed by atoms with Crippen molar-refractivity contribution in [3.05, 3.63) is 71.0 Å². The highest BCUT2D eigenvalue weighted by Crippen LogP contribution is 2.36. The van der Waals surface area contributed by atoms with E-state index in [0.29, 0.717) is 12.1 Å². The summed E-state index contributed by atoms with van der Waals surface area (Å²) in [4.78, 5) is 12.4. The van der Waals surface area contributed by atoms with Gasteiger partial charge in [0.1, 0.15) is 11.5 Å². The summed E-state index contributed by atoms with van der Waals surface area (Å²) in [7, 11) is 1.66. The van der Waals surface area contributed by atoms with E-state index in [-0.39, 0.29) is 5.75 Å². The average molecular weight is 392 g/mol. The zero-order chi connectivity index (χ0) is 21.0. The first-order chi connectivity index (χ1) is 14.0. The maximum absolute atomic E-state index is 12.4. The smallest absolute Gasteiger partial charge is 0.251 e. The summed E-state index contributed by atoms with van der Waals surface area (Å²) in [6.45, 7) is 4.65. The Balaban J connectivity index is 2.24. The topological polar surface area (TPSA) is 77.5 Å². The number of hydrogen-bond donors (Lipinski definition) is 2. The van der Waals surface area contributed by atoms with Crippen molar-refractivity contribution in [1.82, 2.24) is 4.57 Å². The molecule has 5 nitrogen and oxygen atoms in total. The fraction of sp³-hybridized carbons (Fsp3) is 0.292. The number of primary amides is 1. The van der Waals surface area contributed by atoms with Gasteiger partial charge in [-0.15, -0.1) is 0 Å². The van der Waals surface area contributed by atoms with Crippen LogP contribution < -0.4 is 10.5 Å². The van der Waals surface area contributed by atoms with Crippen LogP contribution in [-0.4, -0.2) is 22.7 Å². The van der Waals surface area contributed by atoms with Gasteiger partial charge in [-0.1, -0.05) is 43.7 Å². The minimum absolute atomic E-state index is 0.162. The molecule has 29 heavy (non-hydrogen) atoms. The molecule has 0 saturated heterocycles. The van der Waals surface area contributed by atoms with E-state index >= 15 is 0 Å². The fourth-order valence-electron chi connectivity index (χ4n) is 3.89. The van der Waals surface area contributed by atoms with Gasteiger partial charge in [-0.05, 0) is 43.5 Å². The summed E-state index contributed by atoms with van der Waals surface area (Å²) in [5, 5.41) is 10.0. The molecule has 0 aliphatic heterocycles. The lowest BCUT2D eigenvalue weighted by Gasteiger charge is -2.15. The quantitative estimate of drug-likeness (QED) is 0.585. The Morgan fingerprint density at radius 3 is 2.59 bits per heavy atom. The third kappa shape index (κ3) is 4.14. The Morgan fingerprint density at radius 1 is 1.17 bits per heavy atom. The molecule has 1 heterocycles. The van der Waals surface area contributed by atoms with Gasteiger partial charge in [0, 0.05) is 22.5 Å². The van der Waals surface area contributed by atoms with Crippen LogP contribution in [-0.2, 0) is 13.0 Å². The van der Waals surface area contributed by atoms with Crippen molar-refractivity contribution in [3.63, 3.8) is 0 Å². The molecular weight excluding hydrogens is 364 g/mol. The zero-order valence-electron chi connectivity index (χ0n) is 17.2. The van der Waals surface area contributed by atoms with Gasteiger partial charge in [0.15, 0.2) is 0 Å². The first-order valence-electron chi connectivity index (χ1n) is 9.91. The second-order valence-electron chi connectivity index (χ2n) is 7.20. The van der Waals surface area contributed by atoms with E-state index in [1.54, 1.807) is 25.3 Å². The van der Waals surface area contributed by atoms with Crippen molar-refractivity contribution in [2.45, 2.75) is 39.7 Å². The number of para-hydroxylation sites is 1.